The Morgan fingerprint density at radius 3 is 2.63 bits per heavy atom. The van der Waals surface area contributed by atoms with Gasteiger partial charge in [-0.25, -0.2) is 9.78 Å². The molecular formula is C29H27N7O2. The van der Waals surface area contributed by atoms with Crippen LogP contribution < -0.4 is 10.6 Å². The van der Waals surface area contributed by atoms with Crippen molar-refractivity contribution in [3.63, 3.8) is 0 Å². The molecule has 38 heavy (non-hydrogen) atoms. The van der Waals surface area contributed by atoms with E-state index in [9.17, 15) is 9.59 Å². The van der Waals surface area contributed by atoms with Gasteiger partial charge in [-0.05, 0) is 60.2 Å². The molecular weight excluding hydrogens is 478 g/mol. The van der Waals surface area contributed by atoms with Crippen LogP contribution in [0.4, 0.5) is 10.5 Å². The van der Waals surface area contributed by atoms with Gasteiger partial charge in [-0.2, -0.15) is 10.2 Å². The molecule has 0 bridgehead atoms. The first kappa shape index (κ1) is 23.6. The van der Waals surface area contributed by atoms with Gasteiger partial charge in [0.05, 0.1) is 17.3 Å². The van der Waals surface area contributed by atoms with Crippen LogP contribution in [0.3, 0.4) is 0 Å². The smallest absolute Gasteiger partial charge is 0.319 e. The number of likely N-dealkylation sites (tertiary alicyclic amines) is 1. The topological polar surface area (TPSA) is 105 Å². The molecule has 2 N–H and O–H groups in total. The quantitative estimate of drug-likeness (QED) is 0.363. The minimum atomic E-state index is -0.258. The molecule has 1 fully saturated rings. The predicted molar refractivity (Wildman–Crippen MR) is 145 cm³/mol. The number of nitrogens with one attached hydrogen (secondary N) is 2. The van der Waals surface area contributed by atoms with E-state index in [1.165, 1.54) is 5.56 Å². The molecule has 0 radical (unpaired) electrons. The van der Waals surface area contributed by atoms with Crippen molar-refractivity contribution in [1.82, 2.24) is 29.8 Å². The summed E-state index contributed by atoms with van der Waals surface area (Å²) in [6.45, 7) is 1.79. The Labute approximate surface area is 219 Å². The first-order valence-electron chi connectivity index (χ1n) is 12.7. The molecule has 190 valence electrons. The van der Waals surface area contributed by atoms with Gasteiger partial charge < -0.3 is 19.9 Å². The lowest BCUT2D eigenvalue weighted by Crippen LogP contribution is -2.38. The van der Waals surface area contributed by atoms with Gasteiger partial charge >= 0.3 is 6.03 Å². The van der Waals surface area contributed by atoms with E-state index >= 15 is 0 Å². The fourth-order valence-corrected chi connectivity index (χ4v) is 5.02. The first-order chi connectivity index (χ1) is 18.6. The average molecular weight is 506 g/mol. The fraction of sp³-hybridized carbons (Fsp3) is 0.207. The number of fused-ring (bicyclic) bond motifs is 2. The van der Waals surface area contributed by atoms with Crippen molar-refractivity contribution in [3.8, 4) is 0 Å². The number of piperidine rings is 1. The van der Waals surface area contributed by atoms with E-state index in [1.54, 1.807) is 12.4 Å². The second-order valence-electron chi connectivity index (χ2n) is 9.50. The fourth-order valence-electron chi connectivity index (χ4n) is 5.02. The highest BCUT2D eigenvalue weighted by molar-refractivity contribution is 6.05. The molecule has 5 aromatic rings. The maximum absolute atomic E-state index is 13.2. The molecule has 4 heterocycles. The van der Waals surface area contributed by atoms with Gasteiger partial charge in [0, 0.05) is 49.3 Å². The van der Waals surface area contributed by atoms with E-state index in [1.807, 2.05) is 70.2 Å². The number of carbonyl (C=O) groups is 2. The molecule has 0 saturated carbocycles. The van der Waals surface area contributed by atoms with Gasteiger partial charge in [-0.1, -0.05) is 30.3 Å². The molecule has 9 nitrogen and oxygen atoms in total. The number of hydrogen-bond acceptors (Lipinski definition) is 5. The van der Waals surface area contributed by atoms with Crippen LogP contribution in [0, 0.1) is 0 Å². The maximum Gasteiger partial charge on any atom is 0.319 e. The Morgan fingerprint density at radius 2 is 1.79 bits per heavy atom. The molecule has 2 aromatic carbocycles. The minimum Gasteiger partial charge on any atom is -0.339 e. The third-order valence-electron chi connectivity index (χ3n) is 7.11. The van der Waals surface area contributed by atoms with E-state index in [0.717, 1.165) is 40.6 Å². The maximum atomic E-state index is 13.2. The zero-order valence-corrected chi connectivity index (χ0v) is 20.7. The second kappa shape index (κ2) is 10.3. The average Bonchev–Trinajstić information content (AvgIpc) is 3.44. The lowest BCUT2D eigenvalue weighted by molar-refractivity contribution is 0.0714. The monoisotopic (exact) mass is 505 g/mol. The summed E-state index contributed by atoms with van der Waals surface area (Å²) in [6.07, 6.45) is 8.89. The molecule has 3 amide bonds. The molecule has 0 spiro atoms. The van der Waals surface area contributed by atoms with Crippen LogP contribution in [0.2, 0.25) is 0 Å². The van der Waals surface area contributed by atoms with Crippen LogP contribution in [-0.2, 0) is 6.54 Å². The number of benzene rings is 2. The number of imidazole rings is 1. The van der Waals surface area contributed by atoms with Gasteiger partial charge in [-0.3, -0.25) is 4.79 Å². The van der Waals surface area contributed by atoms with Crippen LogP contribution in [0.25, 0.3) is 16.6 Å². The number of rotatable bonds is 5. The lowest BCUT2D eigenvalue weighted by atomic mass is 9.89. The summed E-state index contributed by atoms with van der Waals surface area (Å²) in [4.78, 5) is 31.8. The van der Waals surface area contributed by atoms with Crippen molar-refractivity contribution < 1.29 is 9.59 Å². The number of pyridine rings is 1. The van der Waals surface area contributed by atoms with Crippen LogP contribution in [0.1, 0.15) is 40.2 Å². The lowest BCUT2D eigenvalue weighted by Gasteiger charge is -2.32. The van der Waals surface area contributed by atoms with Crippen LogP contribution in [0.15, 0.2) is 85.5 Å². The Kier molecular flexibility index (Phi) is 6.39. The van der Waals surface area contributed by atoms with Gasteiger partial charge in [0.1, 0.15) is 5.65 Å². The number of amides is 3. The normalized spacial score (nSPS) is 14.1. The second-order valence-corrected chi connectivity index (χ2v) is 9.50. The Hall–Kier alpha value is -4.79. The van der Waals surface area contributed by atoms with Gasteiger partial charge in [-0.15, -0.1) is 0 Å². The number of aromatic nitrogens is 4. The molecule has 0 unspecified atom stereocenters. The third kappa shape index (κ3) is 4.90. The summed E-state index contributed by atoms with van der Waals surface area (Å²) >= 11 is 0. The number of urea groups is 1. The van der Waals surface area contributed by atoms with Crippen LogP contribution >= 0.6 is 0 Å². The SMILES string of the molecule is O=C(NCc1ccn2ccnc2c1)Nc1ccc(C2CCN(C(=O)c3cnnc4ccccc34)CC2)cc1. The van der Waals surface area contributed by atoms with Gasteiger partial charge in [0.2, 0.25) is 0 Å². The first-order valence-corrected chi connectivity index (χ1v) is 12.7. The van der Waals surface area contributed by atoms with Crippen molar-refractivity contribution in [2.45, 2.75) is 25.3 Å². The van der Waals surface area contributed by atoms with Crippen LogP contribution in [0.5, 0.6) is 0 Å². The minimum absolute atomic E-state index is 0.00446. The molecule has 0 aliphatic carbocycles. The van der Waals surface area contributed by atoms with E-state index in [2.05, 4.69) is 37.9 Å². The molecule has 1 saturated heterocycles. The summed E-state index contributed by atoms with van der Waals surface area (Å²) in [5.41, 5.74) is 5.11. The number of hydrogen-bond donors (Lipinski definition) is 2. The summed E-state index contributed by atoms with van der Waals surface area (Å²) in [5.74, 6) is 0.372. The Bertz CT molecular complexity index is 1600. The van der Waals surface area contributed by atoms with Gasteiger partial charge in [0.25, 0.3) is 5.91 Å². The van der Waals surface area contributed by atoms with Crippen molar-refractivity contribution in [2.75, 3.05) is 18.4 Å². The summed E-state index contributed by atoms with van der Waals surface area (Å²) < 4.78 is 1.92. The van der Waals surface area contributed by atoms with Crippen molar-refractivity contribution in [1.29, 1.82) is 0 Å². The molecule has 1 aliphatic rings. The largest absolute Gasteiger partial charge is 0.339 e. The third-order valence-corrected chi connectivity index (χ3v) is 7.11. The van der Waals surface area contributed by atoms with Gasteiger partial charge in [0.15, 0.2) is 0 Å². The summed E-state index contributed by atoms with van der Waals surface area (Å²) in [6, 6.07) is 19.2. The number of nitrogens with zero attached hydrogens (tertiary/aromatic N) is 5. The molecule has 3 aromatic heterocycles. The number of carbonyl (C=O) groups excluding carboxylic acids is 2. The zero-order chi connectivity index (χ0) is 25.9. The van der Waals surface area contributed by atoms with E-state index in [4.69, 9.17) is 0 Å². The van der Waals surface area contributed by atoms with Crippen LogP contribution in [-0.4, -0.2) is 49.5 Å². The highest BCUT2D eigenvalue weighted by atomic mass is 16.2. The van der Waals surface area contributed by atoms with Crippen molar-refractivity contribution in [3.05, 3.63) is 102 Å². The number of anilines is 1. The molecule has 6 rings (SSSR count). The molecule has 9 heteroatoms. The van der Waals surface area contributed by atoms with Crippen molar-refractivity contribution >= 4 is 34.2 Å². The zero-order valence-electron chi connectivity index (χ0n) is 20.7. The predicted octanol–water partition coefficient (Wildman–Crippen LogP) is 4.62. The molecule has 0 atom stereocenters. The van der Waals surface area contributed by atoms with E-state index in [-0.39, 0.29) is 11.9 Å². The Balaban J connectivity index is 1.01. The highest BCUT2D eigenvalue weighted by Gasteiger charge is 2.26. The standard InChI is InChI=1S/C29H27N7O2/c37-28(25-19-32-34-26-4-2-1-3-24(25)26)36-14-10-22(11-15-36)21-5-7-23(8-6-21)33-29(38)31-18-20-9-13-35-16-12-30-27(35)17-20/h1-9,12-13,16-17,19,22H,10-11,14-15,18H2,(H2,31,33,38). The van der Waals surface area contributed by atoms with E-state index < -0.39 is 0 Å². The van der Waals surface area contributed by atoms with E-state index in [0.29, 0.717) is 31.1 Å². The molecule has 1 aliphatic heterocycles. The highest BCUT2D eigenvalue weighted by Crippen LogP contribution is 2.30. The summed E-state index contributed by atoms with van der Waals surface area (Å²) in [7, 11) is 0. The summed E-state index contributed by atoms with van der Waals surface area (Å²) in [5, 5.41) is 14.8. The van der Waals surface area contributed by atoms with Crippen molar-refractivity contribution in [2.24, 2.45) is 0 Å². The Morgan fingerprint density at radius 1 is 0.974 bits per heavy atom.